The highest BCUT2D eigenvalue weighted by molar-refractivity contribution is 7.89. The molecule has 0 saturated heterocycles. The fourth-order valence-corrected chi connectivity index (χ4v) is 3.94. The van der Waals surface area contributed by atoms with Gasteiger partial charge in [-0.15, -0.1) is 0 Å². The highest BCUT2D eigenvalue weighted by Crippen LogP contribution is 2.26. The predicted molar refractivity (Wildman–Crippen MR) is 85.7 cm³/mol. The van der Waals surface area contributed by atoms with Crippen LogP contribution in [0.1, 0.15) is 16.7 Å². The molecule has 22 heavy (non-hydrogen) atoms. The van der Waals surface area contributed by atoms with Crippen LogP contribution < -0.4 is 9.46 Å². The molecule has 1 aliphatic heterocycles. The molecule has 0 fully saturated rings. The quantitative estimate of drug-likeness (QED) is 0.921. The Bertz CT molecular complexity index is 784. The van der Waals surface area contributed by atoms with E-state index in [-0.39, 0.29) is 0 Å². The Hall–Kier alpha value is -1.85. The summed E-state index contributed by atoms with van der Waals surface area (Å²) in [6, 6.07) is 13.1. The summed E-state index contributed by atoms with van der Waals surface area (Å²) in [4.78, 5) is 0.345. The third-order valence-electron chi connectivity index (χ3n) is 3.84. The van der Waals surface area contributed by atoms with Crippen LogP contribution in [0.3, 0.4) is 0 Å². The van der Waals surface area contributed by atoms with Crippen LogP contribution in [0, 0.1) is 6.92 Å². The van der Waals surface area contributed by atoms with E-state index in [1.807, 2.05) is 18.2 Å². The third kappa shape index (κ3) is 3.15. The van der Waals surface area contributed by atoms with Crippen molar-refractivity contribution in [1.82, 2.24) is 4.72 Å². The fourth-order valence-electron chi connectivity index (χ4n) is 2.66. The van der Waals surface area contributed by atoms with Gasteiger partial charge in [0.2, 0.25) is 10.0 Å². The second kappa shape index (κ2) is 6.10. The van der Waals surface area contributed by atoms with Crippen LogP contribution >= 0.6 is 0 Å². The van der Waals surface area contributed by atoms with Gasteiger partial charge in [-0.1, -0.05) is 30.3 Å². The van der Waals surface area contributed by atoms with E-state index >= 15 is 0 Å². The van der Waals surface area contributed by atoms with Gasteiger partial charge in [0.05, 0.1) is 11.5 Å². The lowest BCUT2D eigenvalue weighted by molar-refractivity contribution is 0.357. The Balaban J connectivity index is 1.64. The molecule has 0 atom stereocenters. The van der Waals surface area contributed by atoms with E-state index in [4.69, 9.17) is 4.74 Å². The van der Waals surface area contributed by atoms with Gasteiger partial charge in [-0.2, -0.15) is 0 Å². The largest absolute Gasteiger partial charge is 0.493 e. The number of aryl methyl sites for hydroxylation is 1. The van der Waals surface area contributed by atoms with Gasteiger partial charge < -0.3 is 4.74 Å². The van der Waals surface area contributed by atoms with Gasteiger partial charge in [-0.3, -0.25) is 0 Å². The number of hydrogen-bond donors (Lipinski definition) is 1. The summed E-state index contributed by atoms with van der Waals surface area (Å²) in [6.45, 7) is 2.92. The molecule has 0 spiro atoms. The molecule has 0 aliphatic carbocycles. The highest BCUT2D eigenvalue weighted by atomic mass is 32.2. The van der Waals surface area contributed by atoms with Gasteiger partial charge in [-0.05, 0) is 42.2 Å². The Morgan fingerprint density at radius 1 is 1.18 bits per heavy atom. The normalized spacial score (nSPS) is 13.7. The molecule has 1 heterocycles. The maximum absolute atomic E-state index is 12.3. The molecule has 4 nitrogen and oxygen atoms in total. The van der Waals surface area contributed by atoms with Gasteiger partial charge in [-0.25, -0.2) is 13.1 Å². The molecule has 0 radical (unpaired) electrons. The summed E-state index contributed by atoms with van der Waals surface area (Å²) in [5, 5.41) is 0. The van der Waals surface area contributed by atoms with E-state index in [1.54, 1.807) is 25.1 Å². The standard InChI is InChI=1S/C17H19NO3S/c1-13-4-2-3-5-17(13)22(19,20)18-10-8-14-6-7-16-15(12-14)9-11-21-16/h2-7,12,18H,8-11H2,1H3. The van der Waals surface area contributed by atoms with Crippen molar-refractivity contribution in [1.29, 1.82) is 0 Å². The van der Waals surface area contributed by atoms with E-state index in [1.165, 1.54) is 5.56 Å². The Morgan fingerprint density at radius 3 is 2.82 bits per heavy atom. The molecule has 0 amide bonds. The predicted octanol–water partition coefficient (Wildman–Crippen LogP) is 2.45. The summed E-state index contributed by atoms with van der Waals surface area (Å²) in [5.41, 5.74) is 3.08. The lowest BCUT2D eigenvalue weighted by Gasteiger charge is -2.09. The summed E-state index contributed by atoms with van der Waals surface area (Å²) < 4.78 is 32.7. The molecule has 0 bridgehead atoms. The molecule has 0 saturated carbocycles. The van der Waals surface area contributed by atoms with Crippen molar-refractivity contribution in [3.05, 3.63) is 59.2 Å². The SMILES string of the molecule is Cc1ccccc1S(=O)(=O)NCCc1ccc2c(c1)CCO2. The van der Waals surface area contributed by atoms with Crippen molar-refractivity contribution in [3.8, 4) is 5.75 Å². The number of benzene rings is 2. The molecule has 1 N–H and O–H groups in total. The minimum Gasteiger partial charge on any atom is -0.493 e. The summed E-state index contributed by atoms with van der Waals surface area (Å²) >= 11 is 0. The van der Waals surface area contributed by atoms with Crippen LogP contribution in [0.25, 0.3) is 0 Å². The first-order chi connectivity index (χ1) is 10.6. The van der Waals surface area contributed by atoms with E-state index in [0.717, 1.165) is 29.9 Å². The minimum absolute atomic E-state index is 0.345. The van der Waals surface area contributed by atoms with E-state index in [0.29, 0.717) is 17.9 Å². The molecule has 116 valence electrons. The second-order valence-corrected chi connectivity index (χ2v) is 7.19. The van der Waals surface area contributed by atoms with Crippen molar-refractivity contribution in [2.24, 2.45) is 0 Å². The topological polar surface area (TPSA) is 55.4 Å². The Labute approximate surface area is 131 Å². The first kappa shape index (κ1) is 15.1. The molecule has 0 aromatic heterocycles. The summed E-state index contributed by atoms with van der Waals surface area (Å²) in [7, 11) is -3.45. The first-order valence-corrected chi connectivity index (χ1v) is 8.84. The molecule has 0 unspecified atom stereocenters. The second-order valence-electron chi connectivity index (χ2n) is 5.45. The van der Waals surface area contributed by atoms with Gasteiger partial charge in [0, 0.05) is 13.0 Å². The monoisotopic (exact) mass is 317 g/mol. The number of hydrogen-bond acceptors (Lipinski definition) is 3. The molecular formula is C17H19NO3S. The molecule has 2 aromatic carbocycles. The lowest BCUT2D eigenvalue weighted by atomic mass is 10.1. The zero-order valence-electron chi connectivity index (χ0n) is 12.5. The van der Waals surface area contributed by atoms with Crippen LogP contribution in [0.5, 0.6) is 5.75 Å². The van der Waals surface area contributed by atoms with Crippen molar-refractivity contribution < 1.29 is 13.2 Å². The van der Waals surface area contributed by atoms with Crippen molar-refractivity contribution in [2.45, 2.75) is 24.7 Å². The van der Waals surface area contributed by atoms with Crippen LogP contribution in [-0.2, 0) is 22.9 Å². The number of ether oxygens (including phenoxy) is 1. The molecule has 1 aliphatic rings. The van der Waals surface area contributed by atoms with Gasteiger partial charge in [0.25, 0.3) is 0 Å². The number of nitrogens with one attached hydrogen (secondary N) is 1. The average molecular weight is 317 g/mol. The van der Waals surface area contributed by atoms with Crippen LogP contribution in [-0.4, -0.2) is 21.6 Å². The minimum atomic E-state index is -3.45. The summed E-state index contributed by atoms with van der Waals surface area (Å²) in [5.74, 6) is 0.948. The van der Waals surface area contributed by atoms with E-state index in [2.05, 4.69) is 10.8 Å². The zero-order chi connectivity index (χ0) is 15.6. The van der Waals surface area contributed by atoms with Crippen LogP contribution in [0.2, 0.25) is 0 Å². The van der Waals surface area contributed by atoms with Crippen molar-refractivity contribution >= 4 is 10.0 Å². The van der Waals surface area contributed by atoms with Crippen molar-refractivity contribution in [2.75, 3.05) is 13.2 Å². The Morgan fingerprint density at radius 2 is 2.00 bits per heavy atom. The fraction of sp³-hybridized carbons (Fsp3) is 0.294. The molecular weight excluding hydrogens is 298 g/mol. The maximum Gasteiger partial charge on any atom is 0.240 e. The van der Waals surface area contributed by atoms with E-state index < -0.39 is 10.0 Å². The van der Waals surface area contributed by atoms with Gasteiger partial charge >= 0.3 is 0 Å². The number of fused-ring (bicyclic) bond motifs is 1. The number of sulfonamides is 1. The Kier molecular flexibility index (Phi) is 4.18. The van der Waals surface area contributed by atoms with Gasteiger partial charge in [0.15, 0.2) is 0 Å². The molecule has 3 rings (SSSR count). The lowest BCUT2D eigenvalue weighted by Crippen LogP contribution is -2.26. The first-order valence-electron chi connectivity index (χ1n) is 7.36. The third-order valence-corrected chi connectivity index (χ3v) is 5.46. The highest BCUT2D eigenvalue weighted by Gasteiger charge is 2.16. The van der Waals surface area contributed by atoms with Crippen molar-refractivity contribution in [3.63, 3.8) is 0 Å². The maximum atomic E-state index is 12.3. The number of rotatable bonds is 5. The van der Waals surface area contributed by atoms with Gasteiger partial charge in [0.1, 0.15) is 5.75 Å². The van der Waals surface area contributed by atoms with Crippen LogP contribution in [0.15, 0.2) is 47.4 Å². The molecule has 2 aromatic rings. The average Bonchev–Trinajstić information content (AvgIpc) is 2.95. The van der Waals surface area contributed by atoms with E-state index in [9.17, 15) is 8.42 Å². The van der Waals surface area contributed by atoms with Crippen LogP contribution in [0.4, 0.5) is 0 Å². The summed E-state index contributed by atoms with van der Waals surface area (Å²) in [6.07, 6.45) is 1.59. The molecule has 5 heteroatoms. The smallest absolute Gasteiger partial charge is 0.240 e. The zero-order valence-corrected chi connectivity index (χ0v) is 13.3.